The van der Waals surface area contributed by atoms with Gasteiger partial charge in [0.2, 0.25) is 0 Å². The zero-order valence-electron chi connectivity index (χ0n) is 11.7. The molecule has 1 N–H and O–H groups in total. The van der Waals surface area contributed by atoms with Crippen LogP contribution in [0.3, 0.4) is 0 Å². The second-order valence-electron chi connectivity index (χ2n) is 4.83. The Morgan fingerprint density at radius 1 is 1.37 bits per heavy atom. The van der Waals surface area contributed by atoms with E-state index >= 15 is 0 Å². The van der Waals surface area contributed by atoms with Gasteiger partial charge in [0.05, 0.1) is 0 Å². The van der Waals surface area contributed by atoms with Crippen LogP contribution in [-0.4, -0.2) is 16.8 Å². The molecule has 3 nitrogen and oxygen atoms in total. The van der Waals surface area contributed by atoms with Gasteiger partial charge in [0.25, 0.3) is 0 Å². The summed E-state index contributed by atoms with van der Waals surface area (Å²) in [4.78, 5) is 0. The Hall–Kier alpha value is -1.68. The maximum absolute atomic E-state index is 13.4. The first-order valence-electron chi connectivity index (χ1n) is 6.52. The molecular formula is C15H20FN3. The van der Waals surface area contributed by atoms with Crippen molar-refractivity contribution in [3.05, 3.63) is 53.1 Å². The maximum atomic E-state index is 13.4. The summed E-state index contributed by atoms with van der Waals surface area (Å²) in [6.07, 6.45) is 3.63. The second kappa shape index (κ2) is 5.97. The molecule has 19 heavy (non-hydrogen) atoms. The summed E-state index contributed by atoms with van der Waals surface area (Å²) in [5.74, 6) is -0.179. The molecule has 1 heterocycles. The van der Waals surface area contributed by atoms with Gasteiger partial charge in [-0.3, -0.25) is 4.68 Å². The second-order valence-corrected chi connectivity index (χ2v) is 4.83. The van der Waals surface area contributed by atoms with E-state index in [9.17, 15) is 4.39 Å². The number of aryl methyl sites for hydroxylation is 3. The third-order valence-corrected chi connectivity index (χ3v) is 3.58. The Balaban J connectivity index is 2.12. The number of rotatable bonds is 5. The van der Waals surface area contributed by atoms with Crippen molar-refractivity contribution in [2.75, 3.05) is 7.05 Å². The molecule has 2 aromatic rings. The lowest BCUT2D eigenvalue weighted by Crippen LogP contribution is -2.19. The maximum Gasteiger partial charge on any atom is 0.123 e. The number of halogens is 1. The standard InChI is InChI=1S/C15H20FN3/c1-11-4-5-12(16)10-14(11)15(17-2)7-6-13-8-9-18-19(13)3/h4-5,8-10,15,17H,6-7H2,1-3H3. The smallest absolute Gasteiger partial charge is 0.123 e. The van der Waals surface area contributed by atoms with Crippen LogP contribution >= 0.6 is 0 Å². The number of benzene rings is 1. The lowest BCUT2D eigenvalue weighted by atomic mass is 9.97. The van der Waals surface area contributed by atoms with Gasteiger partial charge in [-0.05, 0) is 56.1 Å². The van der Waals surface area contributed by atoms with Crippen molar-refractivity contribution < 1.29 is 4.39 Å². The summed E-state index contributed by atoms with van der Waals surface area (Å²) < 4.78 is 15.3. The van der Waals surface area contributed by atoms with Crippen molar-refractivity contribution in [3.8, 4) is 0 Å². The minimum absolute atomic E-state index is 0.158. The molecular weight excluding hydrogens is 241 g/mol. The van der Waals surface area contributed by atoms with Crippen LogP contribution in [0.1, 0.15) is 29.3 Å². The molecule has 0 aliphatic rings. The van der Waals surface area contributed by atoms with Gasteiger partial charge in [-0.15, -0.1) is 0 Å². The number of hydrogen-bond acceptors (Lipinski definition) is 2. The summed E-state index contributed by atoms with van der Waals surface area (Å²) in [5, 5.41) is 7.43. The van der Waals surface area contributed by atoms with Gasteiger partial charge in [-0.2, -0.15) is 5.10 Å². The molecule has 4 heteroatoms. The average Bonchev–Trinajstić information content (AvgIpc) is 2.80. The fourth-order valence-electron chi connectivity index (χ4n) is 2.38. The normalized spacial score (nSPS) is 12.6. The number of nitrogens with zero attached hydrogens (tertiary/aromatic N) is 2. The van der Waals surface area contributed by atoms with Crippen molar-refractivity contribution >= 4 is 0 Å². The molecule has 0 aliphatic heterocycles. The molecule has 102 valence electrons. The van der Waals surface area contributed by atoms with Crippen LogP contribution in [-0.2, 0) is 13.5 Å². The van der Waals surface area contributed by atoms with Crippen LogP contribution in [0.4, 0.5) is 4.39 Å². The van der Waals surface area contributed by atoms with Crippen LogP contribution in [0.2, 0.25) is 0 Å². The van der Waals surface area contributed by atoms with Crippen molar-refractivity contribution in [2.24, 2.45) is 7.05 Å². The molecule has 0 spiro atoms. The first-order chi connectivity index (χ1) is 9.11. The summed E-state index contributed by atoms with van der Waals surface area (Å²) in [6.45, 7) is 2.02. The summed E-state index contributed by atoms with van der Waals surface area (Å²) in [6, 6.07) is 7.14. The molecule has 1 aromatic heterocycles. The highest BCUT2D eigenvalue weighted by molar-refractivity contribution is 5.29. The molecule has 1 unspecified atom stereocenters. The van der Waals surface area contributed by atoms with Crippen LogP contribution in [0.25, 0.3) is 0 Å². The molecule has 1 atom stereocenters. The van der Waals surface area contributed by atoms with Crippen LogP contribution in [0, 0.1) is 12.7 Å². The van der Waals surface area contributed by atoms with Gasteiger partial charge in [-0.25, -0.2) is 4.39 Å². The highest BCUT2D eigenvalue weighted by Gasteiger charge is 2.13. The van der Waals surface area contributed by atoms with Crippen LogP contribution in [0.15, 0.2) is 30.5 Å². The molecule has 0 radical (unpaired) electrons. The van der Waals surface area contributed by atoms with Crippen molar-refractivity contribution in [1.29, 1.82) is 0 Å². The summed E-state index contributed by atoms with van der Waals surface area (Å²) >= 11 is 0. The van der Waals surface area contributed by atoms with Gasteiger partial charge < -0.3 is 5.32 Å². The summed E-state index contributed by atoms with van der Waals surface area (Å²) in [7, 11) is 3.86. The first-order valence-corrected chi connectivity index (χ1v) is 6.52. The first kappa shape index (κ1) is 13.7. The molecule has 0 saturated carbocycles. The van der Waals surface area contributed by atoms with Crippen LogP contribution < -0.4 is 5.32 Å². The third kappa shape index (κ3) is 3.20. The number of nitrogens with one attached hydrogen (secondary N) is 1. The lowest BCUT2D eigenvalue weighted by molar-refractivity contribution is 0.528. The molecule has 0 saturated heterocycles. The molecule has 0 fully saturated rings. The largest absolute Gasteiger partial charge is 0.313 e. The quantitative estimate of drug-likeness (QED) is 0.897. The molecule has 2 rings (SSSR count). The zero-order valence-corrected chi connectivity index (χ0v) is 11.7. The molecule has 0 aliphatic carbocycles. The topological polar surface area (TPSA) is 29.9 Å². The lowest BCUT2D eigenvalue weighted by Gasteiger charge is -2.19. The monoisotopic (exact) mass is 261 g/mol. The van der Waals surface area contributed by atoms with E-state index in [4.69, 9.17) is 0 Å². The molecule has 1 aromatic carbocycles. The van der Waals surface area contributed by atoms with Crippen molar-refractivity contribution in [3.63, 3.8) is 0 Å². The van der Waals surface area contributed by atoms with Crippen molar-refractivity contribution in [1.82, 2.24) is 15.1 Å². The van der Waals surface area contributed by atoms with E-state index in [-0.39, 0.29) is 11.9 Å². The Bertz CT molecular complexity index is 548. The van der Waals surface area contributed by atoms with Gasteiger partial charge >= 0.3 is 0 Å². The predicted molar refractivity (Wildman–Crippen MR) is 74.5 cm³/mol. The van der Waals surface area contributed by atoms with E-state index in [2.05, 4.69) is 10.4 Å². The highest BCUT2D eigenvalue weighted by atomic mass is 19.1. The van der Waals surface area contributed by atoms with Gasteiger partial charge in [0, 0.05) is 25.0 Å². The highest BCUT2D eigenvalue weighted by Crippen LogP contribution is 2.23. The Morgan fingerprint density at radius 2 is 2.16 bits per heavy atom. The zero-order chi connectivity index (χ0) is 13.8. The van der Waals surface area contributed by atoms with Gasteiger partial charge in [0.15, 0.2) is 0 Å². The van der Waals surface area contributed by atoms with Crippen molar-refractivity contribution in [2.45, 2.75) is 25.8 Å². The predicted octanol–water partition coefficient (Wildman–Crippen LogP) is 2.76. The van der Waals surface area contributed by atoms with Crippen LogP contribution in [0.5, 0.6) is 0 Å². The SMILES string of the molecule is CNC(CCc1ccnn1C)c1cc(F)ccc1C. The number of hydrogen-bond donors (Lipinski definition) is 1. The van der Waals surface area contributed by atoms with E-state index in [0.29, 0.717) is 0 Å². The minimum atomic E-state index is -0.179. The van der Waals surface area contributed by atoms with Gasteiger partial charge in [0.1, 0.15) is 5.82 Å². The fraction of sp³-hybridized carbons (Fsp3) is 0.400. The number of aromatic nitrogens is 2. The Labute approximate surface area is 113 Å². The summed E-state index contributed by atoms with van der Waals surface area (Å²) in [5.41, 5.74) is 3.34. The Kier molecular flexibility index (Phi) is 4.32. The fourth-order valence-corrected chi connectivity index (χ4v) is 2.38. The van der Waals surface area contributed by atoms with Gasteiger partial charge in [-0.1, -0.05) is 6.07 Å². The van der Waals surface area contributed by atoms with E-state index in [0.717, 1.165) is 24.0 Å². The van der Waals surface area contributed by atoms with E-state index < -0.39 is 0 Å². The average molecular weight is 261 g/mol. The Morgan fingerprint density at radius 3 is 2.79 bits per heavy atom. The third-order valence-electron chi connectivity index (χ3n) is 3.58. The van der Waals surface area contributed by atoms with E-state index in [1.165, 1.54) is 11.8 Å². The molecule has 0 bridgehead atoms. The van der Waals surface area contributed by atoms with E-state index in [1.54, 1.807) is 12.3 Å². The minimum Gasteiger partial charge on any atom is -0.313 e. The van der Waals surface area contributed by atoms with E-state index in [1.807, 2.05) is 37.8 Å². The molecule has 0 amide bonds.